The van der Waals surface area contributed by atoms with Crippen LogP contribution in [0.2, 0.25) is 0 Å². The number of methoxy groups -OCH3 is 1. The minimum Gasteiger partial charge on any atom is -0.493 e. The van der Waals surface area contributed by atoms with E-state index in [0.717, 1.165) is 16.5 Å². The molecule has 0 amide bonds. The number of halogens is 2. The van der Waals surface area contributed by atoms with Crippen LogP contribution < -0.4 is 9.47 Å². The van der Waals surface area contributed by atoms with E-state index in [2.05, 4.69) is 15.9 Å². The summed E-state index contributed by atoms with van der Waals surface area (Å²) in [6.07, 6.45) is 0. The fourth-order valence-corrected chi connectivity index (χ4v) is 2.00. The molecule has 0 atom stereocenters. The van der Waals surface area contributed by atoms with Crippen molar-refractivity contribution in [3.63, 3.8) is 0 Å². The van der Waals surface area contributed by atoms with Gasteiger partial charge < -0.3 is 9.47 Å². The minimum atomic E-state index is -0.247. The first-order chi connectivity index (χ1) is 9.22. The number of ether oxygens (including phenoxy) is 2. The van der Waals surface area contributed by atoms with Gasteiger partial charge >= 0.3 is 0 Å². The summed E-state index contributed by atoms with van der Waals surface area (Å²) in [7, 11) is 1.61. The van der Waals surface area contributed by atoms with E-state index in [1.54, 1.807) is 19.2 Å². The van der Waals surface area contributed by atoms with Gasteiger partial charge in [-0.05, 0) is 35.4 Å². The molecule has 0 fully saturated rings. The molecule has 2 aromatic rings. The average Bonchev–Trinajstić information content (AvgIpc) is 2.46. The van der Waals surface area contributed by atoms with Crippen LogP contribution in [0.5, 0.6) is 11.5 Å². The Bertz CT molecular complexity index is 540. The van der Waals surface area contributed by atoms with Gasteiger partial charge in [-0.3, -0.25) is 0 Å². The molecule has 0 aliphatic carbocycles. The lowest BCUT2D eigenvalue weighted by Crippen LogP contribution is -1.98. The summed E-state index contributed by atoms with van der Waals surface area (Å²) >= 11 is 3.40. The van der Waals surface area contributed by atoms with E-state index in [-0.39, 0.29) is 5.82 Å². The van der Waals surface area contributed by atoms with Crippen LogP contribution in [0.3, 0.4) is 0 Å². The summed E-state index contributed by atoms with van der Waals surface area (Å²) in [4.78, 5) is 0. The summed E-state index contributed by atoms with van der Waals surface area (Å²) in [5.74, 6) is 1.12. The zero-order chi connectivity index (χ0) is 13.7. The zero-order valence-corrected chi connectivity index (χ0v) is 12.1. The van der Waals surface area contributed by atoms with Crippen LogP contribution in [0.25, 0.3) is 0 Å². The second kappa shape index (κ2) is 6.57. The summed E-state index contributed by atoms with van der Waals surface area (Å²) in [6, 6.07) is 12.0. The van der Waals surface area contributed by atoms with Crippen molar-refractivity contribution in [2.45, 2.75) is 11.9 Å². The smallest absolute Gasteiger partial charge is 0.161 e. The molecule has 0 saturated carbocycles. The third kappa shape index (κ3) is 3.70. The Labute approximate surface area is 120 Å². The van der Waals surface area contributed by atoms with Crippen LogP contribution in [-0.2, 0) is 11.9 Å². The zero-order valence-electron chi connectivity index (χ0n) is 10.5. The first-order valence-electron chi connectivity index (χ1n) is 5.83. The van der Waals surface area contributed by atoms with Gasteiger partial charge in [0.15, 0.2) is 11.5 Å². The lowest BCUT2D eigenvalue weighted by atomic mass is 10.2. The summed E-state index contributed by atoms with van der Waals surface area (Å²) in [5, 5.41) is 0.765. The van der Waals surface area contributed by atoms with E-state index in [1.165, 1.54) is 12.1 Å². The highest BCUT2D eigenvalue weighted by Gasteiger charge is 2.05. The lowest BCUT2D eigenvalue weighted by molar-refractivity contribution is 0.284. The molecule has 19 heavy (non-hydrogen) atoms. The maximum Gasteiger partial charge on any atom is 0.161 e. The van der Waals surface area contributed by atoms with Gasteiger partial charge in [-0.15, -0.1) is 0 Å². The molecule has 0 saturated heterocycles. The minimum absolute atomic E-state index is 0.247. The Morgan fingerprint density at radius 3 is 2.32 bits per heavy atom. The van der Waals surface area contributed by atoms with Crippen molar-refractivity contribution in [1.82, 2.24) is 0 Å². The molecule has 0 aliphatic rings. The lowest BCUT2D eigenvalue weighted by Gasteiger charge is -2.11. The molecule has 0 unspecified atom stereocenters. The van der Waals surface area contributed by atoms with Gasteiger partial charge in [0, 0.05) is 5.33 Å². The van der Waals surface area contributed by atoms with Crippen LogP contribution >= 0.6 is 15.9 Å². The maximum absolute atomic E-state index is 12.8. The van der Waals surface area contributed by atoms with Crippen molar-refractivity contribution in [2.24, 2.45) is 0 Å². The second-order valence-electron chi connectivity index (χ2n) is 4.03. The number of hydrogen-bond donors (Lipinski definition) is 0. The number of alkyl halides is 1. The third-order valence-corrected chi connectivity index (χ3v) is 3.34. The number of hydrogen-bond acceptors (Lipinski definition) is 2. The van der Waals surface area contributed by atoms with Crippen molar-refractivity contribution in [2.75, 3.05) is 7.11 Å². The van der Waals surface area contributed by atoms with Gasteiger partial charge in [0.2, 0.25) is 0 Å². The van der Waals surface area contributed by atoms with Crippen molar-refractivity contribution in [3.8, 4) is 11.5 Å². The molecule has 0 bridgehead atoms. The van der Waals surface area contributed by atoms with Crippen molar-refractivity contribution < 1.29 is 13.9 Å². The van der Waals surface area contributed by atoms with Crippen molar-refractivity contribution in [1.29, 1.82) is 0 Å². The van der Waals surface area contributed by atoms with Gasteiger partial charge in [-0.2, -0.15) is 0 Å². The summed E-state index contributed by atoms with van der Waals surface area (Å²) in [5.41, 5.74) is 2.03. The van der Waals surface area contributed by atoms with Crippen LogP contribution in [-0.4, -0.2) is 7.11 Å². The van der Waals surface area contributed by atoms with Gasteiger partial charge in [0.1, 0.15) is 12.4 Å². The standard InChI is InChI=1S/C15H14BrFO2/c1-18-15-8-12(9-16)4-7-14(15)19-10-11-2-5-13(17)6-3-11/h2-8H,9-10H2,1H3. The second-order valence-corrected chi connectivity index (χ2v) is 4.59. The molecule has 4 heteroatoms. The quantitative estimate of drug-likeness (QED) is 0.763. The Hall–Kier alpha value is -1.55. The predicted molar refractivity (Wildman–Crippen MR) is 76.4 cm³/mol. The fraction of sp³-hybridized carbons (Fsp3) is 0.200. The molecular formula is C15H14BrFO2. The highest BCUT2D eigenvalue weighted by molar-refractivity contribution is 9.08. The van der Waals surface area contributed by atoms with E-state index in [0.29, 0.717) is 18.1 Å². The van der Waals surface area contributed by atoms with Gasteiger partial charge in [-0.25, -0.2) is 4.39 Å². The van der Waals surface area contributed by atoms with Gasteiger partial charge in [0.25, 0.3) is 0 Å². The highest BCUT2D eigenvalue weighted by Crippen LogP contribution is 2.29. The highest BCUT2D eigenvalue weighted by atomic mass is 79.9. The molecule has 0 N–H and O–H groups in total. The molecule has 2 aromatic carbocycles. The van der Waals surface area contributed by atoms with Crippen LogP contribution in [0.1, 0.15) is 11.1 Å². The first-order valence-corrected chi connectivity index (χ1v) is 6.95. The van der Waals surface area contributed by atoms with Crippen LogP contribution in [0, 0.1) is 5.82 Å². The van der Waals surface area contributed by atoms with E-state index in [4.69, 9.17) is 9.47 Å². The molecule has 0 radical (unpaired) electrons. The largest absolute Gasteiger partial charge is 0.493 e. The SMILES string of the molecule is COc1cc(CBr)ccc1OCc1ccc(F)cc1. The number of benzene rings is 2. The average molecular weight is 325 g/mol. The van der Waals surface area contributed by atoms with Crippen molar-refractivity contribution in [3.05, 3.63) is 59.4 Å². The predicted octanol–water partition coefficient (Wildman–Crippen LogP) is 4.31. The van der Waals surface area contributed by atoms with Crippen LogP contribution in [0.4, 0.5) is 4.39 Å². The molecular weight excluding hydrogens is 311 g/mol. The summed E-state index contributed by atoms with van der Waals surface area (Å²) < 4.78 is 23.8. The molecule has 0 aromatic heterocycles. The topological polar surface area (TPSA) is 18.5 Å². The van der Waals surface area contributed by atoms with Crippen LogP contribution in [0.15, 0.2) is 42.5 Å². The summed E-state index contributed by atoms with van der Waals surface area (Å²) in [6.45, 7) is 0.379. The normalized spacial score (nSPS) is 10.3. The Balaban J connectivity index is 2.08. The first kappa shape index (κ1) is 13.9. The van der Waals surface area contributed by atoms with Gasteiger partial charge in [-0.1, -0.05) is 34.1 Å². The van der Waals surface area contributed by atoms with Crippen molar-refractivity contribution >= 4 is 15.9 Å². The number of rotatable bonds is 5. The maximum atomic E-state index is 12.8. The van der Waals surface area contributed by atoms with E-state index in [1.807, 2.05) is 18.2 Å². The Morgan fingerprint density at radius 1 is 1.00 bits per heavy atom. The molecule has 2 rings (SSSR count). The molecule has 0 aliphatic heterocycles. The Morgan fingerprint density at radius 2 is 1.68 bits per heavy atom. The molecule has 0 spiro atoms. The van der Waals surface area contributed by atoms with E-state index in [9.17, 15) is 4.39 Å². The molecule has 100 valence electrons. The van der Waals surface area contributed by atoms with Gasteiger partial charge in [0.05, 0.1) is 7.11 Å². The van der Waals surface area contributed by atoms with E-state index < -0.39 is 0 Å². The fourth-order valence-electron chi connectivity index (χ4n) is 1.66. The Kier molecular flexibility index (Phi) is 4.80. The van der Waals surface area contributed by atoms with E-state index >= 15 is 0 Å². The monoisotopic (exact) mass is 324 g/mol. The third-order valence-electron chi connectivity index (χ3n) is 2.69. The molecule has 2 nitrogen and oxygen atoms in total. The molecule has 0 heterocycles.